The highest BCUT2D eigenvalue weighted by Crippen LogP contribution is 2.31. The molecular formula is C18H15F2N5O4S. The van der Waals surface area contributed by atoms with Crippen molar-refractivity contribution in [1.29, 1.82) is 5.26 Å². The Hall–Kier alpha value is -3.46. The molecule has 0 aliphatic carbocycles. The molecule has 0 bridgehead atoms. The summed E-state index contributed by atoms with van der Waals surface area (Å²) in [5.41, 5.74) is 0.805. The summed E-state index contributed by atoms with van der Waals surface area (Å²) in [6, 6.07) is 6.38. The molecule has 1 aliphatic rings. The first kappa shape index (κ1) is 21.3. The van der Waals surface area contributed by atoms with Crippen molar-refractivity contribution in [3.8, 4) is 6.07 Å². The molecule has 2 heterocycles. The molecular weight excluding hydrogens is 420 g/mol. The van der Waals surface area contributed by atoms with Crippen molar-refractivity contribution < 1.29 is 23.3 Å². The van der Waals surface area contributed by atoms with Crippen LogP contribution in [0.5, 0.6) is 0 Å². The molecule has 12 heteroatoms. The van der Waals surface area contributed by atoms with E-state index in [0.717, 1.165) is 10.5 Å². The molecule has 1 aromatic heterocycles. The average Bonchev–Trinajstić information content (AvgIpc) is 3.29. The molecule has 156 valence electrons. The van der Waals surface area contributed by atoms with Gasteiger partial charge in [-0.2, -0.15) is 5.26 Å². The number of non-ortho nitro benzene ring substituents is 1. The van der Waals surface area contributed by atoms with Gasteiger partial charge in [0.1, 0.15) is 11.7 Å². The Morgan fingerprint density at radius 3 is 2.73 bits per heavy atom. The second kappa shape index (κ2) is 8.50. The van der Waals surface area contributed by atoms with E-state index in [1.165, 1.54) is 28.8 Å². The predicted octanol–water partition coefficient (Wildman–Crippen LogP) is 2.13. The number of nitro groups is 1. The van der Waals surface area contributed by atoms with Gasteiger partial charge in [0.05, 0.1) is 29.1 Å². The number of hydrogen-bond donors (Lipinski definition) is 1. The lowest BCUT2D eigenvalue weighted by Crippen LogP contribution is -2.43. The summed E-state index contributed by atoms with van der Waals surface area (Å²) in [6.45, 7) is -1.38. The molecule has 1 fully saturated rings. The highest BCUT2D eigenvalue weighted by Gasteiger charge is 2.47. The number of nitrogens with zero attached hydrogens (tertiary/aromatic N) is 4. The van der Waals surface area contributed by atoms with Gasteiger partial charge < -0.3 is 10.2 Å². The number of nitro benzene ring substituents is 1. The van der Waals surface area contributed by atoms with Crippen LogP contribution in [0.2, 0.25) is 0 Å². The van der Waals surface area contributed by atoms with Crippen LogP contribution in [0.1, 0.15) is 27.5 Å². The quantitative estimate of drug-likeness (QED) is 0.547. The molecule has 1 aliphatic heterocycles. The minimum Gasteiger partial charge on any atom is -0.342 e. The molecule has 2 amide bonds. The highest BCUT2D eigenvalue weighted by molar-refractivity contribution is 7.09. The highest BCUT2D eigenvalue weighted by atomic mass is 32.1. The molecule has 30 heavy (non-hydrogen) atoms. The Morgan fingerprint density at radius 2 is 2.10 bits per heavy atom. The molecule has 0 spiro atoms. The number of halogens is 2. The average molecular weight is 435 g/mol. The Bertz CT molecular complexity index is 1020. The first-order valence-electron chi connectivity index (χ1n) is 8.71. The van der Waals surface area contributed by atoms with Crippen molar-refractivity contribution in [2.45, 2.75) is 24.8 Å². The van der Waals surface area contributed by atoms with Gasteiger partial charge in [-0.15, -0.1) is 11.3 Å². The number of nitriles is 1. The van der Waals surface area contributed by atoms with Crippen LogP contribution in [-0.4, -0.2) is 51.7 Å². The summed E-state index contributed by atoms with van der Waals surface area (Å²) < 4.78 is 26.8. The smallest absolute Gasteiger partial charge is 0.271 e. The maximum absolute atomic E-state index is 13.4. The van der Waals surface area contributed by atoms with Crippen LogP contribution < -0.4 is 5.32 Å². The minimum absolute atomic E-state index is 0.0305. The minimum atomic E-state index is -3.12. The number of rotatable bonds is 6. The molecule has 0 unspecified atom stereocenters. The van der Waals surface area contributed by atoms with Crippen LogP contribution in [-0.2, 0) is 11.2 Å². The Morgan fingerprint density at radius 1 is 1.40 bits per heavy atom. The van der Waals surface area contributed by atoms with Gasteiger partial charge >= 0.3 is 0 Å². The third-order valence-corrected chi connectivity index (χ3v) is 5.28. The van der Waals surface area contributed by atoms with E-state index < -0.39 is 48.2 Å². The zero-order valence-electron chi connectivity index (χ0n) is 15.4. The lowest BCUT2D eigenvalue weighted by atomic mass is 10.1. The predicted molar refractivity (Wildman–Crippen MR) is 101 cm³/mol. The van der Waals surface area contributed by atoms with E-state index in [4.69, 9.17) is 5.26 Å². The molecule has 1 N–H and O–H groups in total. The van der Waals surface area contributed by atoms with Gasteiger partial charge in [0.2, 0.25) is 5.91 Å². The SMILES string of the molecule is N#C[C@@H]1CC(F)(F)CN1C(=O)CNC(=O)c1csc(Cc2ccc([N+](=O)[O-])cc2)n1. The molecule has 1 saturated heterocycles. The Balaban J connectivity index is 1.55. The molecule has 0 saturated carbocycles. The standard InChI is InChI=1S/C18H15F2N5O4S/c19-18(20)6-13(7-21)24(10-18)16(26)8-22-17(27)14-9-30-15(23-14)5-11-1-3-12(4-2-11)25(28)29/h1-4,9,13H,5-6,8,10H2,(H,22,27)/t13-/m0/s1. The molecule has 1 atom stereocenters. The Kier molecular flexibility index (Phi) is 6.02. The van der Waals surface area contributed by atoms with E-state index in [2.05, 4.69) is 10.3 Å². The number of hydrogen-bond acceptors (Lipinski definition) is 7. The zero-order chi connectivity index (χ0) is 21.9. The normalized spacial score (nSPS) is 17.4. The van der Waals surface area contributed by atoms with Gasteiger partial charge in [-0.1, -0.05) is 12.1 Å². The van der Waals surface area contributed by atoms with Gasteiger partial charge in [-0.05, 0) is 5.56 Å². The largest absolute Gasteiger partial charge is 0.342 e. The van der Waals surface area contributed by atoms with Crippen molar-refractivity contribution in [2.24, 2.45) is 0 Å². The summed E-state index contributed by atoms with van der Waals surface area (Å²) in [4.78, 5) is 39.4. The van der Waals surface area contributed by atoms with Crippen LogP contribution in [0.15, 0.2) is 29.6 Å². The number of carbonyl (C=O) groups excluding carboxylic acids is 2. The van der Waals surface area contributed by atoms with E-state index in [9.17, 15) is 28.5 Å². The maximum Gasteiger partial charge on any atom is 0.271 e. The second-order valence-corrected chi connectivity index (χ2v) is 7.58. The van der Waals surface area contributed by atoms with E-state index in [1.54, 1.807) is 18.2 Å². The van der Waals surface area contributed by atoms with Crippen LogP contribution in [0.3, 0.4) is 0 Å². The van der Waals surface area contributed by atoms with Crippen molar-refractivity contribution in [1.82, 2.24) is 15.2 Å². The summed E-state index contributed by atoms with van der Waals surface area (Å²) in [5, 5.41) is 24.0. The van der Waals surface area contributed by atoms with Crippen LogP contribution in [0.25, 0.3) is 0 Å². The number of amides is 2. The number of aromatic nitrogens is 1. The molecule has 3 rings (SSSR count). The van der Waals surface area contributed by atoms with Crippen molar-refractivity contribution in [3.63, 3.8) is 0 Å². The lowest BCUT2D eigenvalue weighted by molar-refractivity contribution is -0.384. The van der Waals surface area contributed by atoms with Crippen molar-refractivity contribution in [3.05, 3.63) is 56.0 Å². The van der Waals surface area contributed by atoms with E-state index in [0.29, 0.717) is 11.4 Å². The van der Waals surface area contributed by atoms with Crippen LogP contribution in [0.4, 0.5) is 14.5 Å². The van der Waals surface area contributed by atoms with Crippen LogP contribution >= 0.6 is 11.3 Å². The number of alkyl halides is 2. The first-order chi connectivity index (χ1) is 14.2. The van der Waals surface area contributed by atoms with Gasteiger partial charge in [0.15, 0.2) is 0 Å². The monoisotopic (exact) mass is 435 g/mol. The summed E-state index contributed by atoms with van der Waals surface area (Å²) >= 11 is 1.20. The van der Waals surface area contributed by atoms with Crippen LogP contribution in [0, 0.1) is 21.4 Å². The van der Waals surface area contributed by atoms with Gasteiger partial charge in [-0.3, -0.25) is 19.7 Å². The summed E-state index contributed by atoms with van der Waals surface area (Å²) in [5.74, 6) is -4.54. The number of carbonyl (C=O) groups is 2. The number of thiazole rings is 1. The third-order valence-electron chi connectivity index (χ3n) is 4.43. The molecule has 1 aromatic carbocycles. The second-order valence-electron chi connectivity index (χ2n) is 6.64. The fourth-order valence-electron chi connectivity index (χ4n) is 2.95. The molecule has 2 aromatic rings. The van der Waals surface area contributed by atoms with Crippen molar-refractivity contribution in [2.75, 3.05) is 13.1 Å². The number of likely N-dealkylation sites (tertiary alicyclic amines) is 1. The van der Waals surface area contributed by atoms with Gasteiger partial charge in [-0.25, -0.2) is 13.8 Å². The first-order valence-corrected chi connectivity index (χ1v) is 9.59. The molecule has 0 radical (unpaired) electrons. The third kappa shape index (κ3) is 4.93. The number of benzene rings is 1. The van der Waals surface area contributed by atoms with E-state index in [1.807, 2.05) is 0 Å². The topological polar surface area (TPSA) is 129 Å². The molecule has 9 nitrogen and oxygen atoms in total. The summed E-state index contributed by atoms with van der Waals surface area (Å²) in [6.07, 6.45) is -0.358. The van der Waals surface area contributed by atoms with Gasteiger partial charge in [0.25, 0.3) is 17.5 Å². The van der Waals surface area contributed by atoms with Crippen molar-refractivity contribution >= 4 is 28.8 Å². The summed E-state index contributed by atoms with van der Waals surface area (Å²) in [7, 11) is 0. The van der Waals surface area contributed by atoms with E-state index >= 15 is 0 Å². The van der Waals surface area contributed by atoms with Gasteiger partial charge in [0, 0.05) is 30.4 Å². The maximum atomic E-state index is 13.4. The fraction of sp³-hybridized carbons (Fsp3) is 0.333. The lowest BCUT2D eigenvalue weighted by Gasteiger charge is -2.19. The zero-order valence-corrected chi connectivity index (χ0v) is 16.2. The van der Waals surface area contributed by atoms with E-state index in [-0.39, 0.29) is 11.4 Å². The Labute approximate surface area is 173 Å². The fourth-order valence-corrected chi connectivity index (χ4v) is 3.76. The number of nitrogens with one attached hydrogen (secondary N) is 1.